The lowest BCUT2D eigenvalue weighted by atomic mass is 9.73. The average molecular weight is 945 g/mol. The quantitative estimate of drug-likeness (QED) is 0.00995. The van der Waals surface area contributed by atoms with Crippen molar-refractivity contribution in [1.29, 1.82) is 0 Å². The molecule has 0 bridgehead atoms. The van der Waals surface area contributed by atoms with E-state index in [1.54, 1.807) is 31.7 Å². The molecule has 2 aliphatic rings. The van der Waals surface area contributed by atoms with Crippen molar-refractivity contribution >= 4 is 48.2 Å². The Labute approximate surface area is 383 Å². The van der Waals surface area contributed by atoms with Crippen molar-refractivity contribution in [3.8, 4) is 0 Å². The van der Waals surface area contributed by atoms with E-state index in [0.29, 0.717) is 44.8 Å². The molecule has 0 radical (unpaired) electrons. The van der Waals surface area contributed by atoms with Crippen molar-refractivity contribution in [2.45, 2.75) is 181 Å². The van der Waals surface area contributed by atoms with Crippen LogP contribution in [0, 0.1) is 11.3 Å². The molecule has 0 N–H and O–H groups in total. The first-order chi connectivity index (χ1) is 28.8. The SMILES string of the molecule is CCOP(=O)(CC(=O)O[C@@H]1C[C@@H](/C=C/C/C=C/C(C)=C\[C@H]2O[C@@H](C/C=C/C=O)C[C@H](O[Si](C)(C)C(C)(C)C)[C@H]2C)O[C@@H](CCOCSC)[C@]1(C)CO[Si](C)(C)C(C)(C)C)OCC. The van der Waals surface area contributed by atoms with E-state index in [4.69, 9.17) is 36.8 Å². The van der Waals surface area contributed by atoms with E-state index in [1.165, 1.54) is 0 Å². The molecule has 2 saturated heterocycles. The van der Waals surface area contributed by atoms with Gasteiger partial charge in [-0.2, -0.15) is 0 Å². The van der Waals surface area contributed by atoms with Crippen LogP contribution < -0.4 is 0 Å². The van der Waals surface area contributed by atoms with Crippen LogP contribution in [-0.2, 0) is 51.0 Å². The molecule has 0 aromatic carbocycles. The summed E-state index contributed by atoms with van der Waals surface area (Å²) in [5.41, 5.74) is 0.364. The van der Waals surface area contributed by atoms with Crippen LogP contribution in [0.1, 0.15) is 108 Å². The number of thioether (sulfide) groups is 1. The first kappa shape index (κ1) is 57.0. The van der Waals surface area contributed by atoms with Gasteiger partial charge in [0.2, 0.25) is 0 Å². The van der Waals surface area contributed by atoms with E-state index >= 15 is 0 Å². The van der Waals surface area contributed by atoms with Gasteiger partial charge in [-0.3, -0.25) is 14.2 Å². The number of ether oxygens (including phenoxy) is 4. The van der Waals surface area contributed by atoms with Gasteiger partial charge in [0.1, 0.15) is 18.6 Å². The van der Waals surface area contributed by atoms with E-state index in [-0.39, 0.29) is 59.7 Å². The summed E-state index contributed by atoms with van der Waals surface area (Å²) in [6.07, 6.45) is 18.0. The van der Waals surface area contributed by atoms with Crippen molar-refractivity contribution in [2.24, 2.45) is 11.3 Å². The molecule has 0 spiro atoms. The molecule has 8 atom stereocenters. The minimum absolute atomic E-state index is 0.0309. The third-order valence-corrected chi connectivity index (χ3v) is 24.4. The van der Waals surface area contributed by atoms with E-state index in [0.717, 1.165) is 18.3 Å². The van der Waals surface area contributed by atoms with Gasteiger partial charge in [0.25, 0.3) is 0 Å². The molecule has 2 heterocycles. The second-order valence-electron chi connectivity index (χ2n) is 20.2. The van der Waals surface area contributed by atoms with Crippen molar-refractivity contribution in [2.75, 3.05) is 44.8 Å². The Hall–Kier alpha value is -1.17. The number of esters is 1. The van der Waals surface area contributed by atoms with E-state index in [9.17, 15) is 14.2 Å². The van der Waals surface area contributed by atoms with Gasteiger partial charge in [-0.05, 0) is 95.1 Å². The molecular formula is C47H85O11PSSi2. The van der Waals surface area contributed by atoms with Gasteiger partial charge in [0.15, 0.2) is 16.6 Å². The van der Waals surface area contributed by atoms with Crippen LogP contribution in [0.4, 0.5) is 0 Å². The van der Waals surface area contributed by atoms with Gasteiger partial charge in [0.05, 0.1) is 61.7 Å². The summed E-state index contributed by atoms with van der Waals surface area (Å²) in [6, 6.07) is 0. The summed E-state index contributed by atoms with van der Waals surface area (Å²) in [5.74, 6) is 0.0854. The predicted octanol–water partition coefficient (Wildman–Crippen LogP) is 11.9. The smallest absolute Gasteiger partial charge is 0.341 e. The number of allylic oxidation sites excluding steroid dienone is 5. The minimum Gasteiger partial charge on any atom is -0.461 e. The lowest BCUT2D eigenvalue weighted by Gasteiger charge is -2.50. The van der Waals surface area contributed by atoms with Crippen LogP contribution >= 0.6 is 19.4 Å². The maximum Gasteiger partial charge on any atom is 0.341 e. The summed E-state index contributed by atoms with van der Waals surface area (Å²) < 4.78 is 63.8. The fourth-order valence-electron chi connectivity index (χ4n) is 7.06. The van der Waals surface area contributed by atoms with Gasteiger partial charge < -0.3 is 36.8 Å². The van der Waals surface area contributed by atoms with Gasteiger partial charge in [0, 0.05) is 18.9 Å². The van der Waals surface area contributed by atoms with Gasteiger partial charge in [-0.25, -0.2) is 0 Å². The summed E-state index contributed by atoms with van der Waals surface area (Å²) >= 11 is 1.61. The summed E-state index contributed by atoms with van der Waals surface area (Å²) in [7, 11) is -7.93. The molecule has 0 aliphatic carbocycles. The second-order valence-corrected chi connectivity index (χ2v) is 32.6. The van der Waals surface area contributed by atoms with Crippen LogP contribution in [0.2, 0.25) is 36.3 Å². The van der Waals surface area contributed by atoms with Crippen LogP contribution in [0.25, 0.3) is 0 Å². The first-order valence-corrected chi connectivity index (χ1v) is 31.6. The molecule has 62 heavy (non-hydrogen) atoms. The van der Waals surface area contributed by atoms with E-state index < -0.39 is 47.9 Å². The fraction of sp³-hybridized carbons (Fsp3) is 0.787. The molecule has 2 rings (SSSR count). The lowest BCUT2D eigenvalue weighted by Crippen LogP contribution is -2.57. The Morgan fingerprint density at radius 1 is 0.952 bits per heavy atom. The predicted molar refractivity (Wildman–Crippen MR) is 260 cm³/mol. The summed E-state index contributed by atoms with van der Waals surface area (Å²) in [4.78, 5) is 24.6. The highest BCUT2D eigenvalue weighted by molar-refractivity contribution is 7.98. The normalized spacial score (nSPS) is 27.4. The zero-order valence-electron chi connectivity index (χ0n) is 41.3. The number of aldehydes is 1. The highest BCUT2D eigenvalue weighted by Crippen LogP contribution is 2.49. The third-order valence-electron chi connectivity index (χ3n) is 13.0. The molecule has 0 aromatic heterocycles. The number of rotatable bonds is 25. The highest BCUT2D eigenvalue weighted by Gasteiger charge is 2.52. The van der Waals surface area contributed by atoms with Gasteiger partial charge in [-0.1, -0.05) is 97.4 Å². The molecule has 0 saturated carbocycles. The Kier molecular flexibility index (Phi) is 23.6. The second kappa shape index (κ2) is 25.7. The topological polar surface area (TPSA) is 125 Å². The van der Waals surface area contributed by atoms with Crippen LogP contribution in [0.15, 0.2) is 48.1 Å². The first-order valence-electron chi connectivity index (χ1n) is 22.7. The number of carbonyl (C=O) groups is 2. The monoisotopic (exact) mass is 945 g/mol. The van der Waals surface area contributed by atoms with Crippen molar-refractivity contribution in [3.05, 3.63) is 48.1 Å². The fourth-order valence-corrected chi connectivity index (χ4v) is 11.3. The van der Waals surface area contributed by atoms with Crippen molar-refractivity contribution in [3.63, 3.8) is 0 Å². The third kappa shape index (κ3) is 17.9. The van der Waals surface area contributed by atoms with Crippen molar-refractivity contribution < 1.29 is 51.0 Å². The van der Waals surface area contributed by atoms with Crippen LogP contribution in [0.3, 0.4) is 0 Å². The lowest BCUT2D eigenvalue weighted by molar-refractivity contribution is -0.203. The molecule has 11 nitrogen and oxygen atoms in total. The molecule has 0 unspecified atom stereocenters. The van der Waals surface area contributed by atoms with Crippen molar-refractivity contribution in [1.82, 2.24) is 0 Å². The number of hydrogen-bond acceptors (Lipinski definition) is 12. The molecule has 0 aromatic rings. The highest BCUT2D eigenvalue weighted by atomic mass is 32.2. The Morgan fingerprint density at radius 3 is 2.18 bits per heavy atom. The maximum atomic E-state index is 13.6. The Bertz CT molecular complexity index is 1540. The van der Waals surface area contributed by atoms with Gasteiger partial charge >= 0.3 is 13.6 Å². The zero-order chi connectivity index (χ0) is 47.0. The summed E-state index contributed by atoms with van der Waals surface area (Å²) in [5, 5.41) is 0.0570. The standard InChI is InChI=1S/C47H85O11PSSi2/c1-17-52-59(50,53-18-2)33-44(49)57-43-32-39(56-42(27-29-51-35-60-12)47(43,11)34-54-61(13,14)45(5,6)7)25-21-19-20-24-36(3)30-40-37(4)41(58-62(15,16)46(8,9)10)31-38(55-40)26-22-23-28-48/h20-25,28,30,37-43H,17-19,26-27,29,31-35H2,1-16H3/b23-22+,24-20+,25-21+,36-30-/t37-,38-,39+,40+,41-,42-,43+,47-/m0/s1. The molecule has 2 fully saturated rings. The number of carbonyl (C=O) groups excluding carboxylic acids is 2. The zero-order valence-corrected chi connectivity index (χ0v) is 45.0. The Morgan fingerprint density at radius 2 is 1.60 bits per heavy atom. The average Bonchev–Trinajstić information content (AvgIpc) is 3.15. The van der Waals surface area contributed by atoms with E-state index in [2.05, 4.69) is 113 Å². The Balaban J connectivity index is 2.37. The molecule has 358 valence electrons. The molecular weight excluding hydrogens is 860 g/mol. The largest absolute Gasteiger partial charge is 0.461 e. The molecule has 15 heteroatoms. The summed E-state index contributed by atoms with van der Waals surface area (Å²) in [6.45, 7) is 33.3. The van der Waals surface area contributed by atoms with E-state index in [1.807, 2.05) is 18.4 Å². The molecule has 0 amide bonds. The molecule has 2 aliphatic heterocycles. The van der Waals surface area contributed by atoms with Gasteiger partial charge in [-0.15, -0.1) is 11.8 Å². The van der Waals surface area contributed by atoms with Crippen LogP contribution in [0.5, 0.6) is 0 Å². The number of hydrogen-bond donors (Lipinski definition) is 0. The maximum absolute atomic E-state index is 13.6. The van der Waals surface area contributed by atoms with Crippen LogP contribution in [-0.4, -0.2) is 110 Å². The minimum atomic E-state index is -3.69.